The lowest BCUT2D eigenvalue weighted by molar-refractivity contribution is -0.133. The van der Waals surface area contributed by atoms with Gasteiger partial charge < -0.3 is 9.67 Å². The first-order valence-electron chi connectivity index (χ1n) is 12.1. The number of carboxylic acids is 1. The Morgan fingerprint density at radius 2 is 1.54 bits per heavy atom. The number of nitrogens with zero attached hydrogens (tertiary/aromatic N) is 3. The van der Waals surface area contributed by atoms with Crippen molar-refractivity contribution in [3.8, 4) is 0 Å². The Hall–Kier alpha value is -3.38. The van der Waals surface area contributed by atoms with Crippen LogP contribution in [-0.2, 0) is 30.6 Å². The first kappa shape index (κ1) is 23.4. The van der Waals surface area contributed by atoms with Gasteiger partial charge in [0.05, 0.1) is 5.75 Å². The summed E-state index contributed by atoms with van der Waals surface area (Å²) in [5, 5.41) is 19.0. The number of carbonyl (C=O) groups is 1. The van der Waals surface area contributed by atoms with E-state index in [9.17, 15) is 9.90 Å². The number of benzene rings is 3. The number of hydrogen-bond donors (Lipinski definition) is 1. The maximum absolute atomic E-state index is 11.3. The average molecular weight is 484 g/mol. The Morgan fingerprint density at radius 1 is 0.914 bits per heavy atom. The molecule has 0 aliphatic heterocycles. The molecule has 1 aliphatic carbocycles. The number of rotatable bonds is 9. The highest BCUT2D eigenvalue weighted by Gasteiger charge is 2.25. The summed E-state index contributed by atoms with van der Waals surface area (Å²) in [6.45, 7) is 0.668. The molecule has 35 heavy (non-hydrogen) atoms. The van der Waals surface area contributed by atoms with E-state index in [2.05, 4.69) is 87.6 Å². The molecule has 0 saturated heterocycles. The molecule has 6 heteroatoms. The quantitative estimate of drug-likeness (QED) is 0.312. The van der Waals surface area contributed by atoms with Crippen molar-refractivity contribution in [2.75, 3.05) is 5.75 Å². The van der Waals surface area contributed by atoms with Crippen LogP contribution >= 0.6 is 11.8 Å². The molecule has 0 amide bonds. The van der Waals surface area contributed by atoms with E-state index in [-0.39, 0.29) is 11.7 Å². The monoisotopic (exact) mass is 483 g/mol. The Labute approximate surface area is 210 Å². The average Bonchev–Trinajstić information content (AvgIpc) is 3.27. The van der Waals surface area contributed by atoms with E-state index in [0.29, 0.717) is 17.6 Å². The van der Waals surface area contributed by atoms with E-state index < -0.39 is 5.97 Å². The van der Waals surface area contributed by atoms with Gasteiger partial charge in [0.2, 0.25) is 0 Å². The Morgan fingerprint density at radius 3 is 2.20 bits per heavy atom. The number of carboxylic acid groups (broad SMARTS) is 1. The molecule has 1 aromatic heterocycles. The van der Waals surface area contributed by atoms with Crippen molar-refractivity contribution in [2.24, 2.45) is 5.92 Å². The third-order valence-corrected chi connectivity index (χ3v) is 7.76. The second-order valence-electron chi connectivity index (χ2n) is 9.15. The summed E-state index contributed by atoms with van der Waals surface area (Å²) in [4.78, 5) is 11.3. The van der Waals surface area contributed by atoms with Crippen LogP contribution in [-0.4, -0.2) is 31.6 Å². The zero-order valence-corrected chi connectivity index (χ0v) is 20.4. The molecule has 3 aromatic carbocycles. The highest BCUT2D eigenvalue weighted by atomic mass is 32.2. The molecule has 1 aliphatic rings. The van der Waals surface area contributed by atoms with E-state index in [1.807, 2.05) is 12.1 Å². The minimum absolute atomic E-state index is 0.0315. The van der Waals surface area contributed by atoms with Crippen LogP contribution in [0.3, 0.4) is 0 Å². The number of hydrogen-bond acceptors (Lipinski definition) is 4. The topological polar surface area (TPSA) is 68.0 Å². The summed E-state index contributed by atoms with van der Waals surface area (Å²) >= 11 is 1.25. The minimum atomic E-state index is -0.849. The molecule has 1 N–H and O–H groups in total. The fourth-order valence-electron chi connectivity index (χ4n) is 5.05. The lowest BCUT2D eigenvalue weighted by Gasteiger charge is -2.25. The highest BCUT2D eigenvalue weighted by Crippen LogP contribution is 2.32. The molecule has 1 heterocycles. The summed E-state index contributed by atoms with van der Waals surface area (Å²) in [5.41, 5.74) is 5.33. The normalized spacial score (nSPS) is 15.2. The van der Waals surface area contributed by atoms with Crippen LogP contribution in [0.25, 0.3) is 0 Å². The van der Waals surface area contributed by atoms with E-state index in [0.717, 1.165) is 31.5 Å². The van der Waals surface area contributed by atoms with Crippen LogP contribution in [0.4, 0.5) is 0 Å². The van der Waals surface area contributed by atoms with Gasteiger partial charge in [-0.1, -0.05) is 96.7 Å². The first-order valence-corrected chi connectivity index (χ1v) is 13.1. The summed E-state index contributed by atoms with van der Waals surface area (Å²) in [6.07, 6.45) is 4.10. The van der Waals surface area contributed by atoms with Gasteiger partial charge in [0.15, 0.2) is 5.16 Å². The fourth-order valence-corrected chi connectivity index (χ4v) is 5.74. The number of fused-ring (bicyclic) bond motifs is 1. The molecule has 0 spiro atoms. The Balaban J connectivity index is 1.46. The Bertz CT molecular complexity index is 1230. The van der Waals surface area contributed by atoms with E-state index in [1.54, 1.807) is 0 Å². The number of aryl methyl sites for hydroxylation is 1. The van der Waals surface area contributed by atoms with Crippen molar-refractivity contribution in [2.45, 2.75) is 43.3 Å². The van der Waals surface area contributed by atoms with Crippen molar-refractivity contribution < 1.29 is 9.90 Å². The summed E-state index contributed by atoms with van der Waals surface area (Å²) in [6, 6.07) is 29.7. The fraction of sp³-hybridized carbons (Fsp3) is 0.276. The molecule has 0 saturated carbocycles. The maximum Gasteiger partial charge on any atom is 0.313 e. The second kappa shape index (κ2) is 10.9. The lowest BCUT2D eigenvalue weighted by Crippen LogP contribution is -2.20. The standard InChI is InChI=1S/C29H29N3O2S/c33-28(34)20-35-29-31-30-27(18-21-15-16-22-9-7-8-14-25(22)17-21)32(29)19-26(23-10-3-1-4-11-23)24-12-5-2-6-13-24/h1-14,21,26H,15-20H2,(H,33,34). The van der Waals surface area contributed by atoms with Gasteiger partial charge in [0.25, 0.3) is 0 Å². The summed E-state index contributed by atoms with van der Waals surface area (Å²) in [5.74, 6) is 0.674. The number of thioether (sulfide) groups is 1. The van der Waals surface area contributed by atoms with Crippen LogP contribution in [0.5, 0.6) is 0 Å². The van der Waals surface area contributed by atoms with Crippen molar-refractivity contribution >= 4 is 17.7 Å². The number of aliphatic carboxylic acids is 1. The van der Waals surface area contributed by atoms with Crippen molar-refractivity contribution in [1.29, 1.82) is 0 Å². The molecule has 0 fully saturated rings. The van der Waals surface area contributed by atoms with Crippen molar-refractivity contribution in [3.63, 3.8) is 0 Å². The summed E-state index contributed by atoms with van der Waals surface area (Å²) < 4.78 is 2.17. The zero-order valence-electron chi connectivity index (χ0n) is 19.6. The van der Waals surface area contributed by atoms with E-state index >= 15 is 0 Å². The predicted octanol–water partition coefficient (Wildman–Crippen LogP) is 5.63. The molecule has 0 bridgehead atoms. The van der Waals surface area contributed by atoms with Gasteiger partial charge in [-0.05, 0) is 47.4 Å². The predicted molar refractivity (Wildman–Crippen MR) is 139 cm³/mol. The smallest absolute Gasteiger partial charge is 0.313 e. The van der Waals surface area contributed by atoms with Crippen molar-refractivity contribution in [1.82, 2.24) is 14.8 Å². The highest BCUT2D eigenvalue weighted by molar-refractivity contribution is 7.99. The van der Waals surface area contributed by atoms with Crippen LogP contribution in [0, 0.1) is 5.92 Å². The van der Waals surface area contributed by atoms with E-state index in [1.165, 1.54) is 34.0 Å². The SMILES string of the molecule is O=C(O)CSc1nnc(CC2CCc3ccccc3C2)n1CC(c1ccccc1)c1ccccc1. The van der Waals surface area contributed by atoms with Gasteiger partial charge >= 0.3 is 5.97 Å². The summed E-state index contributed by atoms with van der Waals surface area (Å²) in [7, 11) is 0. The van der Waals surface area contributed by atoms with Crippen LogP contribution < -0.4 is 0 Å². The van der Waals surface area contributed by atoms with E-state index in [4.69, 9.17) is 0 Å². The molecule has 1 atom stereocenters. The lowest BCUT2D eigenvalue weighted by atomic mass is 9.82. The first-order chi connectivity index (χ1) is 17.2. The molecular formula is C29H29N3O2S. The Kier molecular flexibility index (Phi) is 7.28. The largest absolute Gasteiger partial charge is 0.481 e. The van der Waals surface area contributed by atoms with Crippen LogP contribution in [0.2, 0.25) is 0 Å². The zero-order chi connectivity index (χ0) is 24.0. The minimum Gasteiger partial charge on any atom is -0.481 e. The number of aromatic nitrogens is 3. The van der Waals surface area contributed by atoms with Gasteiger partial charge in [0, 0.05) is 18.9 Å². The maximum atomic E-state index is 11.3. The van der Waals surface area contributed by atoms with Gasteiger partial charge in [-0.2, -0.15) is 0 Å². The van der Waals surface area contributed by atoms with Gasteiger partial charge in [-0.3, -0.25) is 4.79 Å². The third kappa shape index (κ3) is 5.65. The molecule has 1 unspecified atom stereocenters. The van der Waals surface area contributed by atoms with Gasteiger partial charge in [-0.25, -0.2) is 0 Å². The van der Waals surface area contributed by atoms with Gasteiger partial charge in [0.1, 0.15) is 5.82 Å². The van der Waals surface area contributed by atoms with Crippen LogP contribution in [0.1, 0.15) is 40.4 Å². The third-order valence-electron chi connectivity index (χ3n) is 6.81. The molecule has 5 rings (SSSR count). The molecular weight excluding hydrogens is 454 g/mol. The van der Waals surface area contributed by atoms with Crippen molar-refractivity contribution in [3.05, 3.63) is 113 Å². The molecule has 178 valence electrons. The molecule has 4 aromatic rings. The van der Waals surface area contributed by atoms with Gasteiger partial charge in [-0.15, -0.1) is 10.2 Å². The molecule has 5 nitrogen and oxygen atoms in total. The van der Waals surface area contributed by atoms with Crippen LogP contribution in [0.15, 0.2) is 90.1 Å². The second-order valence-corrected chi connectivity index (χ2v) is 10.1. The molecule has 0 radical (unpaired) electrons.